The maximum Gasteiger partial charge on any atom is 0.405 e. The summed E-state index contributed by atoms with van der Waals surface area (Å²) in [5, 5.41) is 27.8. The van der Waals surface area contributed by atoms with Gasteiger partial charge in [0.25, 0.3) is 0 Å². The first kappa shape index (κ1) is 31.8. The number of aliphatic hydroxyl groups is 1. The molecular weight excluding hydrogens is 504 g/mol. The molecule has 1 aromatic heterocycles. The number of nitrogens with zero attached hydrogens (tertiary/aromatic N) is 1. The van der Waals surface area contributed by atoms with Crippen molar-refractivity contribution < 1.29 is 29.4 Å². The van der Waals surface area contributed by atoms with Gasteiger partial charge in [-0.05, 0) is 30.6 Å². The fraction of sp³-hybridized carbons (Fsp3) is 0.667. The lowest BCUT2D eigenvalue weighted by molar-refractivity contribution is -0.132. The molecule has 0 radical (unpaired) electrons. The van der Waals surface area contributed by atoms with Gasteiger partial charge in [-0.25, -0.2) is 9.78 Å². The number of allylic oxidation sites excluding steroid dienone is 1. The molecule has 1 heterocycles. The molecule has 8 N–H and O–H groups in total. The van der Waals surface area contributed by atoms with E-state index >= 15 is 0 Å². The third kappa shape index (κ3) is 11.1. The van der Waals surface area contributed by atoms with Gasteiger partial charge < -0.3 is 36.9 Å². The van der Waals surface area contributed by atoms with Crippen molar-refractivity contribution in [1.82, 2.24) is 25.9 Å². The Labute approximate surface area is 229 Å². The highest BCUT2D eigenvalue weighted by Gasteiger charge is 2.33. The third-order valence-corrected chi connectivity index (χ3v) is 7.41. The summed E-state index contributed by atoms with van der Waals surface area (Å²) in [7, 11) is 0. The van der Waals surface area contributed by atoms with Crippen LogP contribution in [0.5, 0.6) is 0 Å². The first-order chi connectivity index (χ1) is 18.5. The number of amides is 4. The van der Waals surface area contributed by atoms with Gasteiger partial charge in [-0.2, -0.15) is 0 Å². The molecule has 1 aliphatic rings. The van der Waals surface area contributed by atoms with Crippen molar-refractivity contribution in [2.45, 2.75) is 95.9 Å². The van der Waals surface area contributed by atoms with Crippen LogP contribution in [0.2, 0.25) is 0 Å². The minimum absolute atomic E-state index is 0.0292. The van der Waals surface area contributed by atoms with Gasteiger partial charge in [-0.1, -0.05) is 52.0 Å². The van der Waals surface area contributed by atoms with Crippen LogP contribution >= 0.6 is 0 Å². The van der Waals surface area contributed by atoms with Crippen LogP contribution in [-0.2, 0) is 20.8 Å². The van der Waals surface area contributed by atoms with Crippen molar-refractivity contribution in [1.29, 1.82) is 0 Å². The lowest BCUT2D eigenvalue weighted by Crippen LogP contribution is -2.57. The molecule has 0 spiro atoms. The lowest BCUT2D eigenvalue weighted by atomic mass is 9.81. The number of carbonyl (C=O) groups is 4. The summed E-state index contributed by atoms with van der Waals surface area (Å²) in [6.45, 7) is 8.00. The zero-order chi connectivity index (χ0) is 28.9. The molecule has 1 aliphatic carbocycles. The van der Waals surface area contributed by atoms with Crippen molar-refractivity contribution in [3.8, 4) is 0 Å². The van der Waals surface area contributed by atoms with E-state index in [0.717, 1.165) is 25.7 Å². The molecule has 0 aliphatic heterocycles. The first-order valence-corrected chi connectivity index (χ1v) is 13.7. The first-order valence-electron chi connectivity index (χ1n) is 13.7. The maximum atomic E-state index is 13.6. The summed E-state index contributed by atoms with van der Waals surface area (Å²) in [5.41, 5.74) is 5.75. The van der Waals surface area contributed by atoms with Crippen LogP contribution in [0.15, 0.2) is 25.2 Å². The molecule has 5 atom stereocenters. The standard InChI is InChI=1S/C27H44N6O6/c1-4-18(16(2)3)11-23(34)20(10-17-8-6-5-7-9-17)31-25(36)21(12-19-14-29-15-30-19)32-26(37)22(13-24(28)35)33-27(38)39/h4,14-18,20-23,33-34H,1,5-13H2,2-3H3,(H2,28,35)(H,29,30)(H,31,36)(H,32,37)(H,38,39)/t18-,20-,21-,22-,23+/m0/s1. The van der Waals surface area contributed by atoms with E-state index in [0.29, 0.717) is 24.5 Å². The van der Waals surface area contributed by atoms with E-state index < -0.39 is 54.5 Å². The monoisotopic (exact) mass is 548 g/mol. The Morgan fingerprint density at radius 1 is 1.13 bits per heavy atom. The van der Waals surface area contributed by atoms with Crippen molar-refractivity contribution in [2.75, 3.05) is 0 Å². The van der Waals surface area contributed by atoms with Gasteiger partial charge in [0.15, 0.2) is 0 Å². The van der Waals surface area contributed by atoms with Crippen LogP contribution in [0.3, 0.4) is 0 Å². The number of aliphatic hydroxyl groups excluding tert-OH is 1. The zero-order valence-electron chi connectivity index (χ0n) is 22.9. The number of hydrogen-bond acceptors (Lipinski definition) is 6. The summed E-state index contributed by atoms with van der Waals surface area (Å²) < 4.78 is 0. The predicted octanol–water partition coefficient (Wildman–Crippen LogP) is 1.61. The highest BCUT2D eigenvalue weighted by Crippen LogP contribution is 2.29. The van der Waals surface area contributed by atoms with E-state index in [2.05, 4.69) is 41.0 Å². The van der Waals surface area contributed by atoms with E-state index in [-0.39, 0.29) is 18.3 Å². The smallest absolute Gasteiger partial charge is 0.405 e. The molecule has 2 rings (SSSR count). The van der Waals surface area contributed by atoms with E-state index in [1.807, 2.05) is 11.4 Å². The number of nitrogens with one attached hydrogen (secondary N) is 4. The largest absolute Gasteiger partial charge is 0.465 e. The van der Waals surface area contributed by atoms with E-state index in [1.54, 1.807) is 0 Å². The molecule has 0 aromatic carbocycles. The number of hydrogen-bond donors (Lipinski definition) is 7. The molecule has 0 bridgehead atoms. The summed E-state index contributed by atoms with van der Waals surface area (Å²) in [6.07, 6.45) is 8.36. The summed E-state index contributed by atoms with van der Waals surface area (Å²) in [5.74, 6) is -1.60. The number of H-pyrrole nitrogens is 1. The summed E-state index contributed by atoms with van der Waals surface area (Å²) in [6, 6.07) is -3.16. The molecule has 218 valence electrons. The lowest BCUT2D eigenvalue weighted by Gasteiger charge is -2.33. The third-order valence-electron chi connectivity index (χ3n) is 7.41. The molecule has 1 fully saturated rings. The van der Waals surface area contributed by atoms with Gasteiger partial charge in [0.2, 0.25) is 17.7 Å². The van der Waals surface area contributed by atoms with Crippen LogP contribution in [0.25, 0.3) is 0 Å². The van der Waals surface area contributed by atoms with Gasteiger partial charge in [-0.3, -0.25) is 14.4 Å². The van der Waals surface area contributed by atoms with Gasteiger partial charge in [0.05, 0.1) is 24.9 Å². The molecule has 12 heteroatoms. The Morgan fingerprint density at radius 2 is 1.79 bits per heavy atom. The summed E-state index contributed by atoms with van der Waals surface area (Å²) in [4.78, 5) is 56.0. The van der Waals surface area contributed by atoms with Crippen molar-refractivity contribution in [3.63, 3.8) is 0 Å². The van der Waals surface area contributed by atoms with Crippen LogP contribution in [-0.4, -0.2) is 68.2 Å². The van der Waals surface area contributed by atoms with Gasteiger partial charge in [-0.15, -0.1) is 6.58 Å². The number of aromatic nitrogens is 2. The quantitative estimate of drug-likeness (QED) is 0.152. The second kappa shape index (κ2) is 15.9. The van der Waals surface area contributed by atoms with Crippen molar-refractivity contribution >= 4 is 23.8 Å². The Bertz CT molecular complexity index is 931. The van der Waals surface area contributed by atoms with Crippen LogP contribution in [0, 0.1) is 17.8 Å². The molecule has 4 amide bonds. The number of rotatable bonds is 16. The predicted molar refractivity (Wildman–Crippen MR) is 145 cm³/mol. The van der Waals surface area contributed by atoms with E-state index in [1.165, 1.54) is 18.9 Å². The van der Waals surface area contributed by atoms with E-state index in [4.69, 9.17) is 10.8 Å². The van der Waals surface area contributed by atoms with Gasteiger partial charge in [0, 0.05) is 18.3 Å². The normalized spacial score (nSPS) is 17.8. The summed E-state index contributed by atoms with van der Waals surface area (Å²) >= 11 is 0. The minimum Gasteiger partial charge on any atom is -0.465 e. The van der Waals surface area contributed by atoms with E-state index in [9.17, 15) is 24.3 Å². The topological polar surface area (TPSA) is 200 Å². The SMILES string of the molecule is C=C[C@@H](C[C@@H](O)[C@H](CC1CCCCC1)NC(=O)[C@H](Cc1cnc[nH]1)NC(=O)[C@H](CC(N)=O)NC(=O)O)C(C)C. The molecule has 1 aromatic rings. The molecule has 12 nitrogen and oxygen atoms in total. The Morgan fingerprint density at radius 3 is 2.33 bits per heavy atom. The number of carboxylic acid groups (broad SMARTS) is 1. The Kier molecular flexibility index (Phi) is 12.9. The molecular formula is C27H44N6O6. The minimum atomic E-state index is -1.51. The Balaban J connectivity index is 2.25. The number of nitrogens with two attached hydrogens (primary N) is 1. The highest BCUT2D eigenvalue weighted by molar-refractivity contribution is 5.93. The molecule has 1 saturated carbocycles. The van der Waals surface area contributed by atoms with Gasteiger partial charge >= 0.3 is 6.09 Å². The average Bonchev–Trinajstić information content (AvgIpc) is 3.39. The van der Waals surface area contributed by atoms with Crippen molar-refractivity contribution in [3.05, 3.63) is 30.9 Å². The van der Waals surface area contributed by atoms with Crippen molar-refractivity contribution in [2.24, 2.45) is 23.5 Å². The molecule has 0 unspecified atom stereocenters. The number of aromatic amines is 1. The zero-order valence-corrected chi connectivity index (χ0v) is 22.9. The maximum absolute atomic E-state index is 13.6. The number of primary amides is 1. The second-order valence-corrected chi connectivity index (χ2v) is 10.8. The highest BCUT2D eigenvalue weighted by atomic mass is 16.4. The van der Waals surface area contributed by atoms with Crippen LogP contribution < -0.4 is 21.7 Å². The number of imidazole rings is 1. The van der Waals surface area contributed by atoms with Crippen LogP contribution in [0.1, 0.15) is 70.9 Å². The Hall–Kier alpha value is -3.41. The second-order valence-electron chi connectivity index (χ2n) is 10.8. The molecule has 0 saturated heterocycles. The van der Waals surface area contributed by atoms with Gasteiger partial charge in [0.1, 0.15) is 12.1 Å². The molecule has 39 heavy (non-hydrogen) atoms. The number of carbonyl (C=O) groups excluding carboxylic acids is 3. The fourth-order valence-corrected chi connectivity index (χ4v) is 5.12. The average molecular weight is 549 g/mol. The van der Waals surface area contributed by atoms with Crippen LogP contribution in [0.4, 0.5) is 4.79 Å². The fourth-order valence-electron chi connectivity index (χ4n) is 5.12.